The van der Waals surface area contributed by atoms with E-state index >= 15 is 0 Å². The minimum absolute atomic E-state index is 0.0151. The molecular weight excluding hydrogens is 663 g/mol. The molecule has 0 amide bonds. The van der Waals surface area contributed by atoms with E-state index in [1.807, 2.05) is 0 Å². The van der Waals surface area contributed by atoms with Gasteiger partial charge in [-0.3, -0.25) is 18.2 Å². The summed E-state index contributed by atoms with van der Waals surface area (Å²) >= 11 is 12.0. The molecule has 2 aromatic heterocycles. The van der Waals surface area contributed by atoms with Gasteiger partial charge < -0.3 is 0 Å². The van der Waals surface area contributed by atoms with Crippen molar-refractivity contribution in [2.24, 2.45) is 11.8 Å². The van der Waals surface area contributed by atoms with E-state index in [1.54, 1.807) is 10.6 Å². The van der Waals surface area contributed by atoms with E-state index in [4.69, 9.17) is 32.2 Å². The molecule has 0 N–H and O–H groups in total. The molecule has 0 atom stereocenters. The second kappa shape index (κ2) is 15.7. The van der Waals surface area contributed by atoms with Crippen LogP contribution >= 0.6 is 23.2 Å². The van der Waals surface area contributed by atoms with Crippen molar-refractivity contribution in [3.8, 4) is 0 Å². The van der Waals surface area contributed by atoms with Crippen molar-refractivity contribution < 1.29 is 26.6 Å². The van der Waals surface area contributed by atoms with E-state index in [-0.39, 0.29) is 22.8 Å². The molecule has 14 heteroatoms. The number of rotatable bonds is 8. The topological polar surface area (TPSA) is 96.1 Å². The first-order chi connectivity index (χ1) is 22.5. The molecule has 254 valence electrons. The lowest BCUT2D eigenvalue weighted by Gasteiger charge is -2.21. The Kier molecular flexibility index (Phi) is 11.7. The number of nitrogens with zero attached hydrogens (tertiary/aromatic N) is 4. The van der Waals surface area contributed by atoms with Crippen LogP contribution in [0.15, 0.2) is 55.0 Å². The molecule has 0 radical (unpaired) electrons. The van der Waals surface area contributed by atoms with Gasteiger partial charge in [-0.2, -0.15) is 13.2 Å². The van der Waals surface area contributed by atoms with Crippen LogP contribution < -0.4 is 11.5 Å². The molecule has 0 spiro atoms. The van der Waals surface area contributed by atoms with Gasteiger partial charge in [0.05, 0.1) is 10.6 Å². The summed E-state index contributed by atoms with van der Waals surface area (Å²) in [6, 6.07) is 7.96. The minimum atomic E-state index is -4.53. The van der Waals surface area contributed by atoms with Gasteiger partial charge in [0.2, 0.25) is 0 Å². The lowest BCUT2D eigenvalue weighted by atomic mass is 9.89. The number of benzene rings is 2. The Morgan fingerprint density at radius 1 is 0.745 bits per heavy atom. The highest BCUT2D eigenvalue weighted by Crippen LogP contribution is 2.37. The van der Waals surface area contributed by atoms with Crippen LogP contribution in [-0.4, -0.2) is 19.4 Å². The first kappa shape index (κ1) is 34.9. The Balaban J connectivity index is 0.000000186. The fourth-order valence-electron chi connectivity index (χ4n) is 6.40. The van der Waals surface area contributed by atoms with Crippen LogP contribution in [0.4, 0.5) is 17.6 Å². The van der Waals surface area contributed by atoms with Gasteiger partial charge in [-0.05, 0) is 66.8 Å². The number of halogens is 6. The van der Waals surface area contributed by atoms with E-state index in [2.05, 4.69) is 10.3 Å². The molecule has 8 nitrogen and oxygen atoms in total. The number of hydrogen-bond acceptors (Lipinski definition) is 6. The number of aromatic nitrogens is 4. The van der Waals surface area contributed by atoms with Crippen molar-refractivity contribution >= 4 is 23.2 Å². The van der Waals surface area contributed by atoms with E-state index in [0.717, 1.165) is 50.2 Å². The molecule has 0 unspecified atom stereocenters. The highest BCUT2D eigenvalue weighted by Gasteiger charge is 2.34. The van der Waals surface area contributed by atoms with Gasteiger partial charge >= 0.3 is 17.7 Å². The van der Waals surface area contributed by atoms with Crippen molar-refractivity contribution in [1.29, 1.82) is 0 Å². The number of alkyl halides is 3. The Hall–Kier alpha value is -3.38. The Morgan fingerprint density at radius 3 is 1.74 bits per heavy atom. The van der Waals surface area contributed by atoms with Crippen LogP contribution in [0.3, 0.4) is 0 Å². The normalized spacial score (nSPS) is 16.2. The van der Waals surface area contributed by atoms with Gasteiger partial charge in [0.25, 0.3) is 0 Å². The maximum atomic E-state index is 13.1. The third kappa shape index (κ3) is 9.16. The average Bonchev–Trinajstić information content (AvgIpc) is 3.56. The molecule has 0 saturated heterocycles. The predicted molar refractivity (Wildman–Crippen MR) is 168 cm³/mol. The van der Waals surface area contributed by atoms with E-state index in [0.29, 0.717) is 48.0 Å². The predicted octanol–water partition coefficient (Wildman–Crippen LogP) is 8.48. The summed E-state index contributed by atoms with van der Waals surface area (Å²) < 4.78 is 64.6. The summed E-state index contributed by atoms with van der Waals surface area (Å²) in [5.74, 6) is 0.312. The van der Waals surface area contributed by atoms with Crippen LogP contribution in [0, 0.1) is 17.7 Å². The highest BCUT2D eigenvalue weighted by atomic mass is 35.5. The molecule has 6 rings (SSSR count). The quantitative estimate of drug-likeness (QED) is 0.171. The zero-order valence-corrected chi connectivity index (χ0v) is 27.2. The van der Waals surface area contributed by atoms with Gasteiger partial charge in [-0.1, -0.05) is 90.2 Å². The lowest BCUT2D eigenvalue weighted by molar-refractivity contribution is -0.137. The molecule has 47 heavy (non-hydrogen) atoms. The van der Waals surface area contributed by atoms with Gasteiger partial charge in [0, 0.05) is 31.0 Å². The second-order valence-electron chi connectivity index (χ2n) is 12.3. The standard InChI is InChI=1S/C17H18ClF3N2O2.C16H18ClFN2O2/c18-15-12(7-4-8-13(15)17(19,20)21)9-14-22-25-16(24)23(14)10-11-5-2-1-3-6-11;17-14-9-13(18)7-6-12(14)8-15-19-22-16(21)20(15)10-11-4-2-1-3-5-11/h4,7-8,11H,1-3,5-6,9-10H2;6-7,9,11H,1-5,8,10H2. The fourth-order valence-corrected chi connectivity index (χ4v) is 6.94. The molecule has 2 heterocycles. The molecule has 0 aliphatic heterocycles. The summed E-state index contributed by atoms with van der Waals surface area (Å²) in [7, 11) is 0. The average molecular weight is 700 g/mol. The van der Waals surface area contributed by atoms with E-state index < -0.39 is 23.3 Å². The van der Waals surface area contributed by atoms with Crippen LogP contribution in [0.5, 0.6) is 0 Å². The first-order valence-corrected chi connectivity index (χ1v) is 16.6. The van der Waals surface area contributed by atoms with Crippen molar-refractivity contribution in [3.05, 3.63) is 102 Å². The van der Waals surface area contributed by atoms with Gasteiger partial charge in [-0.15, -0.1) is 0 Å². The number of hydrogen-bond donors (Lipinski definition) is 0. The molecule has 2 saturated carbocycles. The van der Waals surface area contributed by atoms with Crippen molar-refractivity contribution in [3.63, 3.8) is 0 Å². The zero-order valence-electron chi connectivity index (χ0n) is 25.7. The van der Waals surface area contributed by atoms with Crippen molar-refractivity contribution in [2.45, 2.75) is 96.3 Å². The molecule has 4 aromatic rings. The molecule has 2 aliphatic carbocycles. The fraction of sp³-hybridized carbons (Fsp3) is 0.515. The van der Waals surface area contributed by atoms with Crippen LogP contribution in [0.2, 0.25) is 10.0 Å². The zero-order chi connectivity index (χ0) is 33.6. The highest BCUT2D eigenvalue weighted by molar-refractivity contribution is 6.32. The third-order valence-corrected chi connectivity index (χ3v) is 9.75. The summed E-state index contributed by atoms with van der Waals surface area (Å²) in [6.45, 7) is 1.12. The van der Waals surface area contributed by atoms with Gasteiger partial charge in [0.1, 0.15) is 5.82 Å². The minimum Gasteiger partial charge on any atom is -0.296 e. The monoisotopic (exact) mass is 698 g/mol. The Labute approximate surface area is 278 Å². The maximum absolute atomic E-state index is 13.1. The summed E-state index contributed by atoms with van der Waals surface area (Å²) in [4.78, 5) is 23.8. The largest absolute Gasteiger partial charge is 0.441 e. The lowest BCUT2D eigenvalue weighted by Crippen LogP contribution is -2.24. The van der Waals surface area contributed by atoms with Crippen LogP contribution in [0.25, 0.3) is 0 Å². The van der Waals surface area contributed by atoms with Gasteiger partial charge in [0.15, 0.2) is 11.6 Å². The third-order valence-electron chi connectivity index (χ3n) is 8.95. The Bertz CT molecular complexity index is 1750. The molecule has 2 fully saturated rings. The summed E-state index contributed by atoms with van der Waals surface area (Å²) in [5.41, 5.74) is 0.104. The van der Waals surface area contributed by atoms with E-state index in [9.17, 15) is 27.2 Å². The molecule has 2 aromatic carbocycles. The second-order valence-corrected chi connectivity index (χ2v) is 13.1. The molecule has 2 aliphatic rings. The van der Waals surface area contributed by atoms with Crippen LogP contribution in [0.1, 0.15) is 92.5 Å². The first-order valence-electron chi connectivity index (χ1n) is 15.9. The SMILES string of the molecule is O=c1onc(Cc2ccc(F)cc2Cl)n1CC1CCCCC1.O=c1onc(Cc2cccc(C(F)(F)F)c2Cl)n1CC1CCCCC1. The summed E-state index contributed by atoms with van der Waals surface area (Å²) in [6.07, 6.45) is 7.31. The van der Waals surface area contributed by atoms with E-state index in [1.165, 1.54) is 54.5 Å². The Morgan fingerprint density at radius 2 is 1.26 bits per heavy atom. The molecular formula is C33H36Cl2F4N4O4. The van der Waals surface area contributed by atoms with Crippen molar-refractivity contribution in [1.82, 2.24) is 19.4 Å². The van der Waals surface area contributed by atoms with Crippen LogP contribution in [-0.2, 0) is 32.1 Å². The maximum Gasteiger partial charge on any atom is 0.441 e. The van der Waals surface area contributed by atoms with Crippen molar-refractivity contribution in [2.75, 3.05) is 0 Å². The van der Waals surface area contributed by atoms with Gasteiger partial charge in [-0.25, -0.2) is 14.0 Å². The molecule has 0 bridgehead atoms. The summed E-state index contributed by atoms with van der Waals surface area (Å²) in [5, 5.41) is 7.58. The smallest absolute Gasteiger partial charge is 0.296 e.